The summed E-state index contributed by atoms with van der Waals surface area (Å²) < 4.78 is 5.99. The van der Waals surface area contributed by atoms with E-state index in [4.69, 9.17) is 4.74 Å². The highest BCUT2D eigenvalue weighted by Crippen LogP contribution is 2.23. The molecule has 0 spiro atoms. The maximum atomic E-state index is 12.2. The lowest BCUT2D eigenvalue weighted by molar-refractivity contribution is -0.117. The molecule has 0 fully saturated rings. The average Bonchev–Trinajstić information content (AvgIpc) is 2.57. The Hall–Kier alpha value is -2.34. The first-order valence-corrected chi connectivity index (χ1v) is 8.27. The molecule has 126 valence electrons. The summed E-state index contributed by atoms with van der Waals surface area (Å²) >= 11 is 3.39. The van der Waals surface area contributed by atoms with Gasteiger partial charge in [0.1, 0.15) is 5.75 Å². The first kappa shape index (κ1) is 18.0. The predicted molar refractivity (Wildman–Crippen MR) is 98.4 cm³/mol. The van der Waals surface area contributed by atoms with Gasteiger partial charge in [-0.05, 0) is 40.2 Å². The van der Waals surface area contributed by atoms with Crippen LogP contribution < -0.4 is 15.0 Å². The van der Waals surface area contributed by atoms with Crippen LogP contribution in [0.4, 0.5) is 11.4 Å². The molecule has 1 N–H and O–H groups in total. The highest BCUT2D eigenvalue weighted by molar-refractivity contribution is 9.10. The van der Waals surface area contributed by atoms with Crippen LogP contribution in [0, 0.1) is 0 Å². The summed E-state index contributed by atoms with van der Waals surface area (Å²) in [4.78, 5) is 25.6. The van der Waals surface area contributed by atoms with Gasteiger partial charge in [-0.25, -0.2) is 0 Å². The molecule has 0 atom stereocenters. The Morgan fingerprint density at radius 1 is 1.17 bits per heavy atom. The van der Waals surface area contributed by atoms with Crippen molar-refractivity contribution in [3.63, 3.8) is 0 Å². The first-order chi connectivity index (χ1) is 11.5. The average molecular weight is 391 g/mol. The summed E-state index contributed by atoms with van der Waals surface area (Å²) in [6.45, 7) is 1.77. The number of benzene rings is 2. The van der Waals surface area contributed by atoms with Gasteiger partial charge in [0.2, 0.25) is 11.8 Å². The van der Waals surface area contributed by atoms with Gasteiger partial charge in [-0.2, -0.15) is 0 Å². The van der Waals surface area contributed by atoms with Crippen molar-refractivity contribution in [1.82, 2.24) is 0 Å². The molecular weight excluding hydrogens is 372 g/mol. The van der Waals surface area contributed by atoms with Gasteiger partial charge in [-0.1, -0.05) is 18.2 Å². The normalized spacial score (nSPS) is 10.1. The minimum atomic E-state index is -0.156. The third kappa shape index (κ3) is 4.83. The van der Waals surface area contributed by atoms with Gasteiger partial charge in [-0.3, -0.25) is 9.59 Å². The number of methoxy groups -OCH3 is 1. The van der Waals surface area contributed by atoms with Gasteiger partial charge in [0.05, 0.1) is 12.8 Å². The fourth-order valence-electron chi connectivity index (χ4n) is 2.24. The number of nitrogens with one attached hydrogen (secondary N) is 1. The van der Waals surface area contributed by atoms with Crippen molar-refractivity contribution in [3.8, 4) is 5.75 Å². The number of halogens is 1. The second-order valence-electron chi connectivity index (χ2n) is 5.15. The van der Waals surface area contributed by atoms with Crippen molar-refractivity contribution in [3.05, 3.63) is 53.0 Å². The first-order valence-electron chi connectivity index (χ1n) is 7.48. The highest BCUT2D eigenvalue weighted by Gasteiger charge is 2.14. The van der Waals surface area contributed by atoms with Crippen molar-refractivity contribution >= 4 is 39.1 Å². The van der Waals surface area contributed by atoms with E-state index in [1.165, 1.54) is 6.92 Å². The molecule has 24 heavy (non-hydrogen) atoms. The molecule has 0 saturated carbocycles. The maximum absolute atomic E-state index is 12.2. The molecule has 0 radical (unpaired) electrons. The van der Waals surface area contributed by atoms with Crippen molar-refractivity contribution < 1.29 is 14.3 Å². The van der Waals surface area contributed by atoms with E-state index in [1.807, 2.05) is 36.4 Å². The second-order valence-corrected chi connectivity index (χ2v) is 6.00. The van der Waals surface area contributed by atoms with Crippen LogP contribution in [0.25, 0.3) is 0 Å². The lowest BCUT2D eigenvalue weighted by Crippen LogP contribution is -2.32. The lowest BCUT2D eigenvalue weighted by atomic mass is 10.2. The van der Waals surface area contributed by atoms with Gasteiger partial charge in [0.15, 0.2) is 0 Å². The van der Waals surface area contributed by atoms with Gasteiger partial charge < -0.3 is 15.0 Å². The molecular formula is C18H19BrN2O3. The fraction of sp³-hybridized carbons (Fsp3) is 0.222. The summed E-state index contributed by atoms with van der Waals surface area (Å²) in [5.74, 6) is 0.379. The third-order valence-corrected chi connectivity index (χ3v) is 4.15. The number of rotatable bonds is 6. The number of hydrogen-bond acceptors (Lipinski definition) is 3. The van der Waals surface area contributed by atoms with Crippen LogP contribution in [0.5, 0.6) is 5.75 Å². The number of ether oxygens (including phenoxy) is 1. The zero-order valence-electron chi connectivity index (χ0n) is 13.6. The van der Waals surface area contributed by atoms with Crippen LogP contribution in [-0.4, -0.2) is 25.5 Å². The number of amides is 2. The molecule has 0 heterocycles. The smallest absolute Gasteiger partial charge is 0.226 e. The molecule has 2 rings (SSSR count). The number of carbonyl (C=O) groups excluding carboxylic acids is 2. The van der Waals surface area contributed by atoms with Crippen LogP contribution in [0.3, 0.4) is 0 Å². The number of carbonyl (C=O) groups is 2. The molecule has 2 amide bonds. The molecule has 0 aromatic heterocycles. The van der Waals surface area contributed by atoms with E-state index in [9.17, 15) is 9.59 Å². The number of anilines is 2. The van der Waals surface area contributed by atoms with Crippen LogP contribution in [0.2, 0.25) is 0 Å². The Bertz CT molecular complexity index is 734. The molecule has 0 aliphatic heterocycles. The van der Waals surface area contributed by atoms with Crippen LogP contribution in [-0.2, 0) is 9.59 Å². The van der Waals surface area contributed by atoms with Crippen LogP contribution >= 0.6 is 15.9 Å². The number of para-hydroxylation sites is 1. The summed E-state index contributed by atoms with van der Waals surface area (Å²) in [6.07, 6.45) is 0.193. The van der Waals surface area contributed by atoms with Crippen LogP contribution in [0.15, 0.2) is 53.0 Å². The van der Waals surface area contributed by atoms with E-state index in [1.54, 1.807) is 24.1 Å². The minimum Gasteiger partial charge on any atom is -0.497 e. The summed E-state index contributed by atoms with van der Waals surface area (Å²) in [7, 11) is 1.57. The highest BCUT2D eigenvalue weighted by atomic mass is 79.9. The van der Waals surface area contributed by atoms with E-state index in [-0.39, 0.29) is 18.2 Å². The zero-order valence-corrected chi connectivity index (χ0v) is 15.2. The maximum Gasteiger partial charge on any atom is 0.226 e. The molecule has 0 aliphatic rings. The van der Waals surface area contributed by atoms with Crippen LogP contribution in [0.1, 0.15) is 13.3 Å². The summed E-state index contributed by atoms with van der Waals surface area (Å²) in [5, 5.41) is 2.83. The Morgan fingerprint density at radius 3 is 2.58 bits per heavy atom. The Balaban J connectivity index is 2.02. The van der Waals surface area contributed by atoms with Gasteiger partial charge in [0, 0.05) is 36.1 Å². The van der Waals surface area contributed by atoms with Gasteiger partial charge in [-0.15, -0.1) is 0 Å². The van der Waals surface area contributed by atoms with Gasteiger partial charge in [0.25, 0.3) is 0 Å². The summed E-state index contributed by atoms with van der Waals surface area (Å²) in [6, 6.07) is 14.6. The Morgan fingerprint density at radius 2 is 1.92 bits per heavy atom. The van der Waals surface area contributed by atoms with Crippen molar-refractivity contribution in [2.24, 2.45) is 0 Å². The Kier molecular flexibility index (Phi) is 6.37. The monoisotopic (exact) mass is 390 g/mol. The van der Waals surface area contributed by atoms with E-state index in [0.29, 0.717) is 23.7 Å². The largest absolute Gasteiger partial charge is 0.497 e. The summed E-state index contributed by atoms with van der Waals surface area (Å²) in [5.41, 5.74) is 1.41. The van der Waals surface area contributed by atoms with E-state index in [0.717, 1.165) is 4.47 Å². The van der Waals surface area contributed by atoms with E-state index in [2.05, 4.69) is 21.2 Å². The lowest BCUT2D eigenvalue weighted by Gasteiger charge is -2.21. The topological polar surface area (TPSA) is 58.6 Å². The molecule has 0 aliphatic carbocycles. The quantitative estimate of drug-likeness (QED) is 0.814. The molecule has 5 nitrogen and oxygen atoms in total. The van der Waals surface area contributed by atoms with E-state index >= 15 is 0 Å². The van der Waals surface area contributed by atoms with Crippen molar-refractivity contribution in [2.45, 2.75) is 13.3 Å². The second kappa shape index (κ2) is 8.49. The molecule has 0 unspecified atom stereocenters. The zero-order chi connectivity index (χ0) is 17.5. The molecule has 2 aromatic carbocycles. The predicted octanol–water partition coefficient (Wildman–Crippen LogP) is 3.84. The standard InChI is InChI=1S/C18H19BrN2O3/c1-13(22)21(14-6-5-7-15(12-14)24-2)11-10-18(23)20-17-9-4-3-8-16(17)19/h3-9,12H,10-11H2,1-2H3,(H,20,23). The number of hydrogen-bond donors (Lipinski definition) is 1. The Labute approximate surface area is 149 Å². The van der Waals surface area contributed by atoms with Crippen molar-refractivity contribution in [2.75, 3.05) is 23.9 Å². The fourth-order valence-corrected chi connectivity index (χ4v) is 2.62. The van der Waals surface area contributed by atoms with Gasteiger partial charge >= 0.3 is 0 Å². The molecule has 6 heteroatoms. The molecule has 0 bridgehead atoms. The molecule has 0 saturated heterocycles. The third-order valence-electron chi connectivity index (χ3n) is 3.46. The molecule has 2 aromatic rings. The van der Waals surface area contributed by atoms with Crippen molar-refractivity contribution in [1.29, 1.82) is 0 Å². The SMILES string of the molecule is COc1cccc(N(CCC(=O)Nc2ccccc2Br)C(C)=O)c1. The number of nitrogens with zero attached hydrogens (tertiary/aromatic N) is 1. The van der Waals surface area contributed by atoms with E-state index < -0.39 is 0 Å². The minimum absolute atomic E-state index is 0.128.